The van der Waals surface area contributed by atoms with Gasteiger partial charge in [0.2, 0.25) is 5.91 Å². The van der Waals surface area contributed by atoms with E-state index in [1.807, 2.05) is 44.0 Å². The Morgan fingerprint density at radius 1 is 1.35 bits per heavy atom. The standard InChI is InChI=1S/C16H23ClN2O/c1-16(2,3)15(20)19-8-6-12(7-9-19)10-13-4-5-14(17)18-11-13/h4-5,11-12H,6-10H2,1-3H3. The SMILES string of the molecule is CC(C)(C)C(=O)N1CCC(Cc2ccc(Cl)nc2)CC1. The maximum Gasteiger partial charge on any atom is 0.227 e. The molecule has 1 saturated heterocycles. The first-order chi connectivity index (χ1) is 9.36. The topological polar surface area (TPSA) is 33.2 Å². The number of hydrogen-bond acceptors (Lipinski definition) is 2. The minimum Gasteiger partial charge on any atom is -0.342 e. The van der Waals surface area contributed by atoms with Gasteiger partial charge in [0.25, 0.3) is 0 Å². The highest BCUT2D eigenvalue weighted by atomic mass is 35.5. The van der Waals surface area contributed by atoms with Crippen LogP contribution in [0.5, 0.6) is 0 Å². The van der Waals surface area contributed by atoms with E-state index in [-0.39, 0.29) is 11.3 Å². The van der Waals surface area contributed by atoms with E-state index in [0.29, 0.717) is 11.1 Å². The van der Waals surface area contributed by atoms with Crippen molar-refractivity contribution in [1.29, 1.82) is 0 Å². The molecule has 0 unspecified atom stereocenters. The van der Waals surface area contributed by atoms with Gasteiger partial charge in [0.15, 0.2) is 0 Å². The summed E-state index contributed by atoms with van der Waals surface area (Å²) in [5.74, 6) is 0.908. The van der Waals surface area contributed by atoms with Crippen molar-refractivity contribution in [2.24, 2.45) is 11.3 Å². The van der Waals surface area contributed by atoms with E-state index in [2.05, 4.69) is 4.98 Å². The first kappa shape index (κ1) is 15.3. The second kappa shape index (κ2) is 6.13. The molecule has 1 amide bonds. The molecule has 2 heterocycles. The van der Waals surface area contributed by atoms with Crippen LogP contribution in [0.4, 0.5) is 0 Å². The summed E-state index contributed by atoms with van der Waals surface area (Å²) in [5.41, 5.74) is 0.961. The molecule has 20 heavy (non-hydrogen) atoms. The summed E-state index contributed by atoms with van der Waals surface area (Å²) in [5, 5.41) is 0.541. The van der Waals surface area contributed by atoms with Crippen LogP contribution in [0.3, 0.4) is 0 Å². The number of amides is 1. The number of nitrogens with zero attached hydrogens (tertiary/aromatic N) is 2. The van der Waals surface area contributed by atoms with Gasteiger partial charge in [-0.1, -0.05) is 38.4 Å². The van der Waals surface area contributed by atoms with Gasteiger partial charge in [-0.15, -0.1) is 0 Å². The predicted molar refractivity (Wildman–Crippen MR) is 81.7 cm³/mol. The van der Waals surface area contributed by atoms with Crippen LogP contribution in [0, 0.1) is 11.3 Å². The third kappa shape index (κ3) is 3.95. The van der Waals surface area contributed by atoms with E-state index in [4.69, 9.17) is 11.6 Å². The summed E-state index contributed by atoms with van der Waals surface area (Å²) in [6.45, 7) is 7.71. The molecule has 2 rings (SSSR count). The lowest BCUT2D eigenvalue weighted by molar-refractivity contribution is -0.140. The van der Waals surface area contributed by atoms with Gasteiger partial charge in [0, 0.05) is 24.7 Å². The molecule has 4 heteroatoms. The van der Waals surface area contributed by atoms with E-state index in [0.717, 1.165) is 32.4 Å². The van der Waals surface area contributed by atoms with Gasteiger partial charge in [-0.05, 0) is 36.8 Å². The monoisotopic (exact) mass is 294 g/mol. The lowest BCUT2D eigenvalue weighted by Crippen LogP contribution is -2.44. The molecule has 0 spiro atoms. The quantitative estimate of drug-likeness (QED) is 0.781. The number of pyridine rings is 1. The van der Waals surface area contributed by atoms with E-state index in [9.17, 15) is 4.79 Å². The van der Waals surface area contributed by atoms with Gasteiger partial charge >= 0.3 is 0 Å². The highest BCUT2D eigenvalue weighted by Gasteiger charge is 2.30. The van der Waals surface area contributed by atoms with Crippen LogP contribution in [0.25, 0.3) is 0 Å². The van der Waals surface area contributed by atoms with Crippen molar-refractivity contribution >= 4 is 17.5 Å². The molecule has 0 aromatic carbocycles. The molecule has 0 bridgehead atoms. The minimum atomic E-state index is -0.271. The Balaban J connectivity index is 1.85. The molecule has 0 N–H and O–H groups in total. The van der Waals surface area contributed by atoms with Crippen molar-refractivity contribution in [2.45, 2.75) is 40.0 Å². The fourth-order valence-electron chi connectivity index (χ4n) is 2.68. The van der Waals surface area contributed by atoms with Crippen molar-refractivity contribution in [3.8, 4) is 0 Å². The molecule has 1 fully saturated rings. The zero-order valence-electron chi connectivity index (χ0n) is 12.5. The molecule has 1 aromatic heterocycles. The Morgan fingerprint density at radius 2 is 2.00 bits per heavy atom. The molecule has 0 radical (unpaired) electrons. The normalized spacial score (nSPS) is 17.3. The summed E-state index contributed by atoms with van der Waals surface area (Å²) >= 11 is 5.80. The Hall–Kier alpha value is -1.09. The molecule has 110 valence electrons. The number of rotatable bonds is 2. The lowest BCUT2D eigenvalue weighted by atomic mass is 9.88. The molecule has 3 nitrogen and oxygen atoms in total. The Bertz CT molecular complexity index is 456. The van der Waals surface area contributed by atoms with Crippen molar-refractivity contribution < 1.29 is 4.79 Å². The summed E-state index contributed by atoms with van der Waals surface area (Å²) < 4.78 is 0. The lowest BCUT2D eigenvalue weighted by Gasteiger charge is -2.35. The first-order valence-corrected chi connectivity index (χ1v) is 7.64. The van der Waals surface area contributed by atoms with Crippen LogP contribution >= 0.6 is 11.6 Å². The second-order valence-electron chi connectivity index (χ2n) is 6.68. The van der Waals surface area contributed by atoms with Gasteiger partial charge in [0.1, 0.15) is 5.15 Å². The second-order valence-corrected chi connectivity index (χ2v) is 7.07. The van der Waals surface area contributed by atoms with Crippen LogP contribution < -0.4 is 0 Å². The fourth-order valence-corrected chi connectivity index (χ4v) is 2.79. The number of aromatic nitrogens is 1. The highest BCUT2D eigenvalue weighted by Crippen LogP contribution is 2.25. The first-order valence-electron chi connectivity index (χ1n) is 7.26. The minimum absolute atomic E-state index is 0.268. The summed E-state index contributed by atoms with van der Waals surface area (Å²) in [4.78, 5) is 18.4. The molecular formula is C16H23ClN2O. The third-order valence-electron chi connectivity index (χ3n) is 3.86. The van der Waals surface area contributed by atoms with Crippen molar-refractivity contribution in [1.82, 2.24) is 9.88 Å². The van der Waals surface area contributed by atoms with Crippen LogP contribution in [-0.2, 0) is 11.2 Å². The van der Waals surface area contributed by atoms with Crippen LogP contribution in [0.1, 0.15) is 39.2 Å². The summed E-state index contributed by atoms with van der Waals surface area (Å²) in [6, 6.07) is 3.89. The summed E-state index contributed by atoms with van der Waals surface area (Å²) in [7, 11) is 0. The maximum atomic E-state index is 12.2. The number of piperidine rings is 1. The average Bonchev–Trinajstić information content (AvgIpc) is 2.40. The van der Waals surface area contributed by atoms with Gasteiger partial charge in [-0.3, -0.25) is 4.79 Å². The number of carbonyl (C=O) groups is 1. The van der Waals surface area contributed by atoms with E-state index >= 15 is 0 Å². The Labute approximate surface area is 126 Å². The summed E-state index contributed by atoms with van der Waals surface area (Å²) in [6.07, 6.45) is 5.03. The van der Waals surface area contributed by atoms with Gasteiger partial charge < -0.3 is 4.90 Å². The fraction of sp³-hybridized carbons (Fsp3) is 0.625. The molecule has 0 aliphatic carbocycles. The average molecular weight is 295 g/mol. The number of carbonyl (C=O) groups excluding carboxylic acids is 1. The smallest absolute Gasteiger partial charge is 0.227 e. The van der Waals surface area contributed by atoms with Gasteiger partial charge in [0.05, 0.1) is 0 Å². The van der Waals surface area contributed by atoms with E-state index in [1.165, 1.54) is 5.56 Å². The van der Waals surface area contributed by atoms with Crippen molar-refractivity contribution in [2.75, 3.05) is 13.1 Å². The zero-order valence-corrected chi connectivity index (χ0v) is 13.3. The molecular weight excluding hydrogens is 272 g/mol. The molecule has 1 aliphatic heterocycles. The Kier molecular flexibility index (Phi) is 4.69. The van der Waals surface area contributed by atoms with Crippen LogP contribution in [-0.4, -0.2) is 28.9 Å². The van der Waals surface area contributed by atoms with Gasteiger partial charge in [-0.2, -0.15) is 0 Å². The van der Waals surface area contributed by atoms with Gasteiger partial charge in [-0.25, -0.2) is 4.98 Å². The van der Waals surface area contributed by atoms with Crippen LogP contribution in [0.2, 0.25) is 5.15 Å². The van der Waals surface area contributed by atoms with E-state index in [1.54, 1.807) is 0 Å². The number of halogens is 1. The molecule has 0 saturated carbocycles. The molecule has 1 aliphatic rings. The third-order valence-corrected chi connectivity index (χ3v) is 4.08. The number of hydrogen-bond donors (Lipinski definition) is 0. The maximum absolute atomic E-state index is 12.2. The predicted octanol–water partition coefficient (Wildman–Crippen LogP) is 3.56. The van der Waals surface area contributed by atoms with E-state index < -0.39 is 0 Å². The molecule has 0 atom stereocenters. The van der Waals surface area contributed by atoms with Crippen molar-refractivity contribution in [3.63, 3.8) is 0 Å². The largest absolute Gasteiger partial charge is 0.342 e. The molecule has 1 aromatic rings. The number of likely N-dealkylation sites (tertiary alicyclic amines) is 1. The Morgan fingerprint density at radius 3 is 2.50 bits per heavy atom. The van der Waals surface area contributed by atoms with Crippen LogP contribution in [0.15, 0.2) is 18.3 Å². The highest BCUT2D eigenvalue weighted by molar-refractivity contribution is 6.29. The zero-order chi connectivity index (χ0) is 14.8. The van der Waals surface area contributed by atoms with Crippen molar-refractivity contribution in [3.05, 3.63) is 29.0 Å².